The minimum atomic E-state index is -0.245. The number of hydrogen-bond donors (Lipinski definition) is 0. The van der Waals surface area contributed by atoms with Crippen molar-refractivity contribution in [2.45, 2.75) is 13.1 Å². The molecule has 0 N–H and O–H groups in total. The number of aryl methyl sites for hydroxylation is 2. The van der Waals surface area contributed by atoms with Gasteiger partial charge in [-0.3, -0.25) is 9.48 Å². The molecular formula is C14H10BrN5O. The Kier molecular flexibility index (Phi) is 3.54. The Morgan fingerprint density at radius 2 is 2.19 bits per heavy atom. The Hall–Kier alpha value is -2.46. The van der Waals surface area contributed by atoms with Crippen molar-refractivity contribution >= 4 is 26.8 Å². The molecule has 0 atom stereocenters. The zero-order valence-electron chi connectivity index (χ0n) is 10.9. The van der Waals surface area contributed by atoms with Crippen LogP contribution in [0.25, 0.3) is 10.9 Å². The highest BCUT2D eigenvalue weighted by molar-refractivity contribution is 9.10. The summed E-state index contributed by atoms with van der Waals surface area (Å²) in [5, 5.41) is 13.7. The number of pyridine rings is 1. The van der Waals surface area contributed by atoms with E-state index in [0.29, 0.717) is 18.5 Å². The summed E-state index contributed by atoms with van der Waals surface area (Å²) in [6, 6.07) is 7.44. The van der Waals surface area contributed by atoms with Gasteiger partial charge in [0, 0.05) is 22.6 Å². The standard InChI is InChI=1S/C14H10BrN5O/c15-11-1-2-13-12(5-11)14(21)10(6-16)7-19(13)3-4-20-9-17-8-18-20/h1-2,5,7-9H,3-4H2. The molecule has 0 radical (unpaired) electrons. The van der Waals surface area contributed by atoms with Crippen LogP contribution in [0.15, 0.2) is 46.3 Å². The normalized spacial score (nSPS) is 10.7. The molecule has 0 bridgehead atoms. The summed E-state index contributed by atoms with van der Waals surface area (Å²) in [5.74, 6) is 0. The van der Waals surface area contributed by atoms with Crippen LogP contribution in [-0.2, 0) is 13.1 Å². The predicted molar refractivity (Wildman–Crippen MR) is 80.6 cm³/mol. The number of fused-ring (bicyclic) bond motifs is 1. The van der Waals surface area contributed by atoms with Crippen molar-refractivity contribution < 1.29 is 0 Å². The van der Waals surface area contributed by atoms with Crippen molar-refractivity contribution in [3.8, 4) is 6.07 Å². The third-order valence-electron chi connectivity index (χ3n) is 3.20. The van der Waals surface area contributed by atoms with Crippen molar-refractivity contribution in [2.24, 2.45) is 0 Å². The molecule has 0 saturated carbocycles. The van der Waals surface area contributed by atoms with Gasteiger partial charge in [-0.2, -0.15) is 10.4 Å². The van der Waals surface area contributed by atoms with Crippen molar-refractivity contribution in [1.82, 2.24) is 19.3 Å². The van der Waals surface area contributed by atoms with E-state index in [1.807, 2.05) is 22.8 Å². The maximum atomic E-state index is 12.2. The Labute approximate surface area is 128 Å². The molecule has 0 amide bonds. The number of aromatic nitrogens is 4. The number of rotatable bonds is 3. The lowest BCUT2D eigenvalue weighted by molar-refractivity contribution is 0.539. The summed E-state index contributed by atoms with van der Waals surface area (Å²) >= 11 is 3.35. The van der Waals surface area contributed by atoms with Gasteiger partial charge in [0.25, 0.3) is 0 Å². The van der Waals surface area contributed by atoms with Crippen molar-refractivity contribution in [3.05, 3.63) is 57.3 Å². The summed E-state index contributed by atoms with van der Waals surface area (Å²) in [6.07, 6.45) is 4.70. The molecule has 3 aromatic rings. The number of nitriles is 1. The van der Waals surface area contributed by atoms with Crippen LogP contribution in [0, 0.1) is 11.3 Å². The maximum Gasteiger partial charge on any atom is 0.207 e. The second-order valence-corrected chi connectivity index (χ2v) is 5.41. The minimum absolute atomic E-state index is 0.138. The van der Waals surface area contributed by atoms with Gasteiger partial charge in [-0.1, -0.05) is 15.9 Å². The van der Waals surface area contributed by atoms with Crippen molar-refractivity contribution in [1.29, 1.82) is 5.26 Å². The van der Waals surface area contributed by atoms with E-state index in [9.17, 15) is 4.79 Å². The zero-order valence-corrected chi connectivity index (χ0v) is 12.5. The van der Waals surface area contributed by atoms with Crippen LogP contribution in [-0.4, -0.2) is 19.3 Å². The molecule has 0 spiro atoms. The number of benzene rings is 1. The van der Waals surface area contributed by atoms with Crippen molar-refractivity contribution in [2.75, 3.05) is 0 Å². The fourth-order valence-corrected chi connectivity index (χ4v) is 2.55. The molecule has 21 heavy (non-hydrogen) atoms. The Morgan fingerprint density at radius 3 is 2.90 bits per heavy atom. The average Bonchev–Trinajstić information content (AvgIpc) is 3.00. The quantitative estimate of drug-likeness (QED) is 0.727. The summed E-state index contributed by atoms with van der Waals surface area (Å²) in [6.45, 7) is 1.20. The smallest absolute Gasteiger partial charge is 0.207 e. The van der Waals surface area contributed by atoms with Gasteiger partial charge >= 0.3 is 0 Å². The first-order valence-corrected chi connectivity index (χ1v) is 7.03. The monoisotopic (exact) mass is 343 g/mol. The van der Waals surface area contributed by atoms with Gasteiger partial charge in [-0.25, -0.2) is 4.98 Å². The summed E-state index contributed by atoms with van der Waals surface area (Å²) in [5.41, 5.74) is 0.687. The Balaban J connectivity index is 2.11. The second kappa shape index (κ2) is 5.50. The molecule has 104 valence electrons. The molecule has 0 aliphatic carbocycles. The van der Waals surface area contributed by atoms with E-state index in [4.69, 9.17) is 5.26 Å². The molecule has 7 heteroatoms. The molecule has 6 nitrogen and oxygen atoms in total. The molecule has 0 aliphatic heterocycles. The zero-order chi connectivity index (χ0) is 14.8. The minimum Gasteiger partial charge on any atom is -0.344 e. The number of hydrogen-bond acceptors (Lipinski definition) is 4. The van der Waals surface area contributed by atoms with E-state index in [-0.39, 0.29) is 11.0 Å². The van der Waals surface area contributed by atoms with Crippen LogP contribution >= 0.6 is 15.9 Å². The van der Waals surface area contributed by atoms with Gasteiger partial charge in [0.15, 0.2) is 0 Å². The Bertz CT molecular complexity index is 892. The van der Waals surface area contributed by atoms with Gasteiger partial charge in [-0.15, -0.1) is 0 Å². The van der Waals surface area contributed by atoms with E-state index in [1.54, 1.807) is 23.3 Å². The van der Waals surface area contributed by atoms with Gasteiger partial charge in [-0.05, 0) is 18.2 Å². The van der Waals surface area contributed by atoms with E-state index in [2.05, 4.69) is 26.0 Å². The van der Waals surface area contributed by atoms with Crippen molar-refractivity contribution in [3.63, 3.8) is 0 Å². The third kappa shape index (κ3) is 2.58. The van der Waals surface area contributed by atoms with E-state index >= 15 is 0 Å². The molecule has 3 rings (SSSR count). The SMILES string of the molecule is N#Cc1cn(CCn2cncn2)c2ccc(Br)cc2c1=O. The highest BCUT2D eigenvalue weighted by Crippen LogP contribution is 2.18. The van der Waals surface area contributed by atoms with Gasteiger partial charge in [0.1, 0.15) is 24.3 Å². The van der Waals surface area contributed by atoms with Gasteiger partial charge in [0.2, 0.25) is 5.43 Å². The average molecular weight is 344 g/mol. The maximum absolute atomic E-state index is 12.2. The number of nitrogens with zero attached hydrogens (tertiary/aromatic N) is 5. The molecule has 0 fully saturated rings. The second-order valence-electron chi connectivity index (χ2n) is 4.50. The molecule has 0 saturated heterocycles. The highest BCUT2D eigenvalue weighted by Gasteiger charge is 2.09. The third-order valence-corrected chi connectivity index (χ3v) is 3.69. The molecular weight excluding hydrogens is 334 g/mol. The van der Waals surface area contributed by atoms with Gasteiger partial charge < -0.3 is 4.57 Å². The van der Waals surface area contributed by atoms with Crippen LogP contribution in [0.1, 0.15) is 5.56 Å². The molecule has 2 aromatic heterocycles. The summed E-state index contributed by atoms with van der Waals surface area (Å²) in [7, 11) is 0. The molecule has 1 aromatic carbocycles. The largest absolute Gasteiger partial charge is 0.344 e. The van der Waals surface area contributed by atoms with Crippen LogP contribution in [0.4, 0.5) is 0 Å². The van der Waals surface area contributed by atoms with E-state index < -0.39 is 0 Å². The summed E-state index contributed by atoms with van der Waals surface area (Å²) in [4.78, 5) is 16.1. The first-order chi connectivity index (χ1) is 10.2. The summed E-state index contributed by atoms with van der Waals surface area (Å²) < 4.78 is 4.41. The molecule has 0 unspecified atom stereocenters. The van der Waals surface area contributed by atoms with Crippen LogP contribution in [0.2, 0.25) is 0 Å². The Morgan fingerprint density at radius 1 is 1.33 bits per heavy atom. The number of halogens is 1. The lowest BCUT2D eigenvalue weighted by atomic mass is 10.1. The fraction of sp³-hybridized carbons (Fsp3) is 0.143. The first-order valence-electron chi connectivity index (χ1n) is 6.24. The van der Waals surface area contributed by atoms with Crippen LogP contribution < -0.4 is 5.43 Å². The van der Waals surface area contributed by atoms with E-state index in [0.717, 1.165) is 9.99 Å². The first kappa shape index (κ1) is 13.5. The highest BCUT2D eigenvalue weighted by atomic mass is 79.9. The topological polar surface area (TPSA) is 76.5 Å². The van der Waals surface area contributed by atoms with Gasteiger partial charge in [0.05, 0.1) is 12.1 Å². The lowest BCUT2D eigenvalue weighted by Crippen LogP contribution is -2.15. The van der Waals surface area contributed by atoms with E-state index in [1.165, 1.54) is 6.33 Å². The predicted octanol–water partition coefficient (Wildman–Crippen LogP) is 1.93. The molecule has 0 aliphatic rings. The van der Waals surface area contributed by atoms with Crippen LogP contribution in [0.3, 0.4) is 0 Å². The fourth-order valence-electron chi connectivity index (χ4n) is 2.19. The van der Waals surface area contributed by atoms with Crippen LogP contribution in [0.5, 0.6) is 0 Å². The lowest BCUT2D eigenvalue weighted by Gasteiger charge is -2.11. The molecule has 2 heterocycles.